The minimum atomic E-state index is -0.146. The Hall–Kier alpha value is -2.03. The molecule has 2 aliphatic rings. The second-order valence-corrected chi connectivity index (χ2v) is 4.82. The third kappa shape index (κ3) is 1.40. The maximum atomic E-state index is 11.7. The van der Waals surface area contributed by atoms with E-state index in [1.165, 1.54) is 16.7 Å². The molecule has 2 atom stereocenters. The van der Waals surface area contributed by atoms with E-state index >= 15 is 0 Å². The van der Waals surface area contributed by atoms with Gasteiger partial charge in [0.25, 0.3) is 5.91 Å². The van der Waals surface area contributed by atoms with Crippen LogP contribution in [0.2, 0.25) is 0 Å². The molecule has 3 heteroatoms. The van der Waals surface area contributed by atoms with Crippen LogP contribution in [-0.2, 0) is 17.6 Å². The lowest BCUT2D eigenvalue weighted by Gasteiger charge is -2.10. The molecule has 1 heterocycles. The molecule has 1 aromatic carbocycles. The van der Waals surface area contributed by atoms with E-state index in [1.807, 2.05) is 12.1 Å². The predicted octanol–water partition coefficient (Wildman–Crippen LogP) is 2.20. The molecule has 1 aliphatic carbocycles. The second-order valence-electron chi connectivity index (χ2n) is 4.82. The summed E-state index contributed by atoms with van der Waals surface area (Å²) in [6.45, 7) is 3.78. The molecule has 1 fully saturated rings. The first-order chi connectivity index (χ1) is 8.76. The van der Waals surface area contributed by atoms with Gasteiger partial charge in [-0.25, -0.2) is 0 Å². The topological polar surface area (TPSA) is 49.3 Å². The molecule has 1 aliphatic heterocycles. The minimum absolute atomic E-state index is 0.0238. The summed E-state index contributed by atoms with van der Waals surface area (Å²) in [6, 6.07) is 6.21. The number of aliphatic hydroxyl groups excluding tert-OH is 1. The highest BCUT2D eigenvalue weighted by molar-refractivity contribution is 5.97. The number of carbonyl (C=O) groups excluding carboxylic acids is 1. The smallest absolute Gasteiger partial charge is 0.251 e. The van der Waals surface area contributed by atoms with Gasteiger partial charge in [-0.05, 0) is 29.5 Å². The number of allylic oxidation sites excluding steroid dienone is 1. The zero-order valence-corrected chi connectivity index (χ0v) is 10.0. The van der Waals surface area contributed by atoms with Crippen LogP contribution in [0.25, 0.3) is 0 Å². The van der Waals surface area contributed by atoms with Gasteiger partial charge in [-0.3, -0.25) is 4.79 Å². The second kappa shape index (κ2) is 4.02. The zero-order valence-electron chi connectivity index (χ0n) is 10.0. The molecule has 0 aromatic heterocycles. The van der Waals surface area contributed by atoms with Gasteiger partial charge in [0, 0.05) is 5.92 Å². The molecular formula is C15H15NO2. The third-order valence-electron chi connectivity index (χ3n) is 3.92. The van der Waals surface area contributed by atoms with Crippen LogP contribution in [0.5, 0.6) is 0 Å². The van der Waals surface area contributed by atoms with Crippen molar-refractivity contribution < 1.29 is 9.90 Å². The lowest BCUT2D eigenvalue weighted by atomic mass is 9.97. The summed E-state index contributed by atoms with van der Waals surface area (Å²) >= 11 is 0. The standard InChI is InChI=1S/C15H15NO2/c1-2-4-9-5-3-6-10-11(9)7-12-13(8-17)15(18)16-14(10)12/h2-3,5-6,8,12,14,17H,1,4,7H2,(H,16,18)/b13-8-. The maximum absolute atomic E-state index is 11.7. The number of hydrogen-bond donors (Lipinski definition) is 2. The van der Waals surface area contributed by atoms with Crippen LogP contribution < -0.4 is 5.32 Å². The van der Waals surface area contributed by atoms with Gasteiger partial charge in [0.15, 0.2) is 0 Å². The summed E-state index contributed by atoms with van der Waals surface area (Å²) in [7, 11) is 0. The molecule has 0 saturated carbocycles. The minimum Gasteiger partial charge on any atom is -0.515 e. The first-order valence-corrected chi connectivity index (χ1v) is 6.13. The summed E-state index contributed by atoms with van der Waals surface area (Å²) in [6.07, 6.45) is 4.51. The van der Waals surface area contributed by atoms with E-state index < -0.39 is 0 Å². The van der Waals surface area contributed by atoms with Crippen molar-refractivity contribution in [3.05, 3.63) is 59.4 Å². The van der Waals surface area contributed by atoms with E-state index in [1.54, 1.807) is 0 Å². The van der Waals surface area contributed by atoms with Gasteiger partial charge in [0.1, 0.15) is 0 Å². The molecule has 1 saturated heterocycles. The van der Waals surface area contributed by atoms with Gasteiger partial charge in [0.2, 0.25) is 0 Å². The van der Waals surface area contributed by atoms with E-state index in [-0.39, 0.29) is 17.9 Å². The Morgan fingerprint density at radius 3 is 3.06 bits per heavy atom. The number of hydrogen-bond acceptors (Lipinski definition) is 2. The van der Waals surface area contributed by atoms with E-state index in [9.17, 15) is 9.90 Å². The fourth-order valence-electron chi connectivity index (χ4n) is 3.11. The van der Waals surface area contributed by atoms with Crippen molar-refractivity contribution in [3.8, 4) is 0 Å². The van der Waals surface area contributed by atoms with Crippen molar-refractivity contribution in [2.45, 2.75) is 18.9 Å². The van der Waals surface area contributed by atoms with Gasteiger partial charge >= 0.3 is 0 Å². The fourth-order valence-corrected chi connectivity index (χ4v) is 3.11. The Bertz CT molecular complexity index is 560. The van der Waals surface area contributed by atoms with Gasteiger partial charge in [0.05, 0.1) is 17.9 Å². The Morgan fingerprint density at radius 2 is 2.33 bits per heavy atom. The molecule has 1 aromatic rings. The summed E-state index contributed by atoms with van der Waals surface area (Å²) in [5, 5.41) is 12.1. The van der Waals surface area contributed by atoms with Crippen molar-refractivity contribution in [1.29, 1.82) is 0 Å². The molecule has 1 amide bonds. The van der Waals surface area contributed by atoms with Crippen LogP contribution >= 0.6 is 0 Å². The Labute approximate surface area is 106 Å². The summed E-state index contributed by atoms with van der Waals surface area (Å²) < 4.78 is 0. The van der Waals surface area contributed by atoms with Crippen LogP contribution in [0.4, 0.5) is 0 Å². The van der Waals surface area contributed by atoms with Gasteiger partial charge in [-0.1, -0.05) is 24.3 Å². The Kier molecular flexibility index (Phi) is 2.47. The lowest BCUT2D eigenvalue weighted by molar-refractivity contribution is -0.116. The highest BCUT2D eigenvalue weighted by Gasteiger charge is 2.44. The Balaban J connectivity index is 2.06. The largest absolute Gasteiger partial charge is 0.515 e. The number of nitrogens with one attached hydrogen (secondary N) is 1. The molecular weight excluding hydrogens is 226 g/mol. The monoisotopic (exact) mass is 241 g/mol. The molecule has 0 spiro atoms. The molecule has 3 nitrogen and oxygen atoms in total. The number of amides is 1. The van der Waals surface area contributed by atoms with E-state index in [2.05, 4.69) is 24.0 Å². The molecule has 2 unspecified atom stereocenters. The Morgan fingerprint density at radius 1 is 1.50 bits per heavy atom. The van der Waals surface area contributed by atoms with Crippen molar-refractivity contribution in [3.63, 3.8) is 0 Å². The number of fused-ring (bicyclic) bond motifs is 3. The number of carbonyl (C=O) groups is 1. The highest BCUT2D eigenvalue weighted by Crippen LogP contribution is 2.45. The number of rotatable bonds is 2. The summed E-state index contributed by atoms with van der Waals surface area (Å²) in [5.74, 6) is -0.0734. The summed E-state index contributed by atoms with van der Waals surface area (Å²) in [5.41, 5.74) is 4.25. The molecule has 0 radical (unpaired) electrons. The quantitative estimate of drug-likeness (QED) is 0.474. The van der Waals surface area contributed by atoms with Crippen molar-refractivity contribution in [2.75, 3.05) is 0 Å². The van der Waals surface area contributed by atoms with Crippen LogP contribution in [0.1, 0.15) is 22.7 Å². The van der Waals surface area contributed by atoms with E-state index in [0.717, 1.165) is 19.1 Å². The van der Waals surface area contributed by atoms with Gasteiger partial charge in [-0.2, -0.15) is 0 Å². The third-order valence-corrected chi connectivity index (χ3v) is 3.92. The van der Waals surface area contributed by atoms with Crippen LogP contribution in [-0.4, -0.2) is 11.0 Å². The normalized spacial score (nSPS) is 26.9. The SMILES string of the molecule is C=CCc1cccc2c1CC1/C(=C/O)C(=O)NC21. The summed E-state index contributed by atoms with van der Waals surface area (Å²) in [4.78, 5) is 11.7. The number of aliphatic hydroxyl groups is 1. The van der Waals surface area contributed by atoms with E-state index in [0.29, 0.717) is 5.57 Å². The van der Waals surface area contributed by atoms with Crippen LogP contribution in [0.3, 0.4) is 0 Å². The fraction of sp³-hybridized carbons (Fsp3) is 0.267. The van der Waals surface area contributed by atoms with Crippen molar-refractivity contribution >= 4 is 5.91 Å². The van der Waals surface area contributed by atoms with Crippen LogP contribution in [0.15, 0.2) is 42.7 Å². The average molecular weight is 241 g/mol. The predicted molar refractivity (Wildman–Crippen MR) is 69.1 cm³/mol. The molecule has 2 N–H and O–H groups in total. The molecule has 18 heavy (non-hydrogen) atoms. The molecule has 3 rings (SSSR count). The van der Waals surface area contributed by atoms with Crippen molar-refractivity contribution in [2.24, 2.45) is 5.92 Å². The van der Waals surface area contributed by atoms with Gasteiger partial charge in [-0.15, -0.1) is 6.58 Å². The van der Waals surface area contributed by atoms with Crippen molar-refractivity contribution in [1.82, 2.24) is 5.32 Å². The van der Waals surface area contributed by atoms with Gasteiger partial charge < -0.3 is 10.4 Å². The zero-order chi connectivity index (χ0) is 12.7. The van der Waals surface area contributed by atoms with Crippen LogP contribution in [0, 0.1) is 5.92 Å². The molecule has 92 valence electrons. The average Bonchev–Trinajstić information content (AvgIpc) is 2.85. The first-order valence-electron chi connectivity index (χ1n) is 6.13. The molecule has 0 bridgehead atoms. The first kappa shape index (κ1) is 11.1. The maximum Gasteiger partial charge on any atom is 0.251 e. The lowest BCUT2D eigenvalue weighted by Crippen LogP contribution is -2.19. The highest BCUT2D eigenvalue weighted by atomic mass is 16.2. The van der Waals surface area contributed by atoms with E-state index in [4.69, 9.17) is 0 Å². The number of benzene rings is 1.